The number of thioether (sulfide) groups is 1. The first kappa shape index (κ1) is 7.42. The van der Waals surface area contributed by atoms with Gasteiger partial charge in [0, 0.05) is 4.91 Å². The lowest BCUT2D eigenvalue weighted by Gasteiger charge is -1.93. The summed E-state index contributed by atoms with van der Waals surface area (Å²) in [5, 5.41) is 0. The Labute approximate surface area is 66.0 Å². The Balaban J connectivity index is 2.73. The van der Waals surface area contributed by atoms with E-state index in [9.17, 15) is 0 Å². The van der Waals surface area contributed by atoms with Gasteiger partial charge in [0.25, 0.3) is 0 Å². The summed E-state index contributed by atoms with van der Waals surface area (Å²) in [5.41, 5.74) is 0. The fourth-order valence-electron chi connectivity index (χ4n) is 0.685. The third-order valence-electron chi connectivity index (χ3n) is 1.20. The fraction of sp³-hybridized carbons (Fsp3) is 0.111. The second-order valence-electron chi connectivity index (χ2n) is 1.90. The Bertz CT molecular complexity index is 207. The smallest absolute Gasteiger partial charge is 0.00691 e. The molecule has 0 atom stereocenters. The molecule has 0 N–H and O–H groups in total. The van der Waals surface area contributed by atoms with Gasteiger partial charge in [-0.15, -0.1) is 11.8 Å². The average Bonchev–Trinajstić information content (AvgIpc) is 1.87. The topological polar surface area (TPSA) is 0 Å². The molecule has 1 aliphatic rings. The number of hydrogen-bond donors (Lipinski definition) is 0. The molecule has 0 spiro atoms. The lowest BCUT2D eigenvalue weighted by molar-refractivity contribution is 1.78. The molecule has 0 aromatic heterocycles. The van der Waals surface area contributed by atoms with Crippen molar-refractivity contribution < 1.29 is 0 Å². The lowest BCUT2D eigenvalue weighted by atomic mass is 10.3. The van der Waals surface area contributed by atoms with Crippen LogP contribution < -0.4 is 0 Å². The maximum atomic E-state index is 2.10. The van der Waals surface area contributed by atoms with E-state index in [4.69, 9.17) is 0 Å². The van der Waals surface area contributed by atoms with E-state index in [1.807, 2.05) is 30.4 Å². The molecule has 1 heteroatoms. The molecule has 0 nitrogen and oxygen atoms in total. The van der Waals surface area contributed by atoms with Crippen LogP contribution in [0.1, 0.15) is 0 Å². The molecule has 0 saturated carbocycles. The van der Waals surface area contributed by atoms with E-state index in [-0.39, 0.29) is 0 Å². The first-order valence-electron chi connectivity index (χ1n) is 3.19. The van der Waals surface area contributed by atoms with E-state index in [2.05, 4.69) is 18.4 Å². The van der Waals surface area contributed by atoms with E-state index in [0.717, 1.165) is 0 Å². The molecule has 10 heavy (non-hydrogen) atoms. The van der Waals surface area contributed by atoms with Gasteiger partial charge in [-0.1, -0.05) is 30.4 Å². The molecule has 0 unspecified atom stereocenters. The Kier molecular flexibility index (Phi) is 3.10. The summed E-state index contributed by atoms with van der Waals surface area (Å²) in [6, 6.07) is 0. The summed E-state index contributed by atoms with van der Waals surface area (Å²) in [5.74, 6) is 0. The van der Waals surface area contributed by atoms with Gasteiger partial charge >= 0.3 is 0 Å². The lowest BCUT2D eigenvalue weighted by Crippen LogP contribution is -1.68. The summed E-state index contributed by atoms with van der Waals surface area (Å²) in [6.07, 6.45) is 16.5. The van der Waals surface area contributed by atoms with Gasteiger partial charge in [0.05, 0.1) is 0 Å². The predicted molar refractivity (Wildman–Crippen MR) is 49.0 cm³/mol. The van der Waals surface area contributed by atoms with E-state index < -0.39 is 0 Å². The van der Waals surface area contributed by atoms with Crippen molar-refractivity contribution >= 4 is 11.8 Å². The van der Waals surface area contributed by atoms with Crippen molar-refractivity contribution in [3.05, 3.63) is 47.4 Å². The fourth-order valence-corrected chi connectivity index (χ4v) is 1.11. The molecule has 0 aromatic rings. The standard InChI is InChI=1S/C9H10S/c1-10-9-7-5-3-2-4-6-8-9/h2-8H,1H3/b3-2+,4-2?,5-3?,6-4-,7-5?,8-6?,9-7?,9-8?. The van der Waals surface area contributed by atoms with Crippen LogP contribution in [0.5, 0.6) is 0 Å². The maximum absolute atomic E-state index is 2.10. The number of rotatable bonds is 1. The Morgan fingerprint density at radius 2 is 1.70 bits per heavy atom. The molecule has 0 bridgehead atoms. The van der Waals surface area contributed by atoms with Gasteiger partial charge in [0.15, 0.2) is 0 Å². The minimum atomic E-state index is 1.29. The third kappa shape index (κ3) is 2.28. The van der Waals surface area contributed by atoms with Crippen LogP contribution in [0.3, 0.4) is 0 Å². The van der Waals surface area contributed by atoms with Gasteiger partial charge in [0.1, 0.15) is 0 Å². The Hall–Kier alpha value is -0.690. The summed E-state index contributed by atoms with van der Waals surface area (Å²) < 4.78 is 0. The quantitative estimate of drug-likeness (QED) is 0.554. The van der Waals surface area contributed by atoms with Crippen LogP contribution in [-0.2, 0) is 0 Å². The Morgan fingerprint density at radius 3 is 2.50 bits per heavy atom. The van der Waals surface area contributed by atoms with Crippen LogP contribution in [0.25, 0.3) is 0 Å². The zero-order valence-corrected chi connectivity index (χ0v) is 6.77. The Morgan fingerprint density at radius 1 is 1.00 bits per heavy atom. The van der Waals surface area contributed by atoms with Crippen molar-refractivity contribution in [3.63, 3.8) is 0 Å². The summed E-state index contributed by atoms with van der Waals surface area (Å²) in [7, 11) is 0. The highest BCUT2D eigenvalue weighted by Crippen LogP contribution is 2.13. The minimum absolute atomic E-state index is 1.29. The van der Waals surface area contributed by atoms with Crippen molar-refractivity contribution in [2.75, 3.05) is 6.26 Å². The van der Waals surface area contributed by atoms with Gasteiger partial charge < -0.3 is 0 Å². The van der Waals surface area contributed by atoms with Gasteiger partial charge in [-0.25, -0.2) is 0 Å². The van der Waals surface area contributed by atoms with Crippen LogP contribution in [0, 0.1) is 0 Å². The van der Waals surface area contributed by atoms with Crippen LogP contribution >= 0.6 is 11.8 Å². The van der Waals surface area contributed by atoms with Crippen LogP contribution in [0.2, 0.25) is 0 Å². The largest absolute Gasteiger partial charge is 0.130 e. The zero-order chi connectivity index (χ0) is 7.23. The predicted octanol–water partition coefficient (Wildman–Crippen LogP) is 2.92. The third-order valence-corrected chi connectivity index (χ3v) is 1.94. The number of hydrogen-bond acceptors (Lipinski definition) is 1. The monoisotopic (exact) mass is 150 g/mol. The van der Waals surface area contributed by atoms with Gasteiger partial charge in [-0.05, 0) is 18.4 Å². The highest BCUT2D eigenvalue weighted by Gasteiger charge is 1.84. The molecule has 52 valence electrons. The molecule has 0 radical (unpaired) electrons. The van der Waals surface area contributed by atoms with Crippen molar-refractivity contribution in [1.82, 2.24) is 0 Å². The van der Waals surface area contributed by atoms with Crippen molar-refractivity contribution in [2.24, 2.45) is 0 Å². The first-order valence-corrected chi connectivity index (χ1v) is 4.41. The molecule has 0 aliphatic heterocycles. The molecule has 0 saturated heterocycles. The zero-order valence-electron chi connectivity index (χ0n) is 5.95. The van der Waals surface area contributed by atoms with Crippen molar-refractivity contribution in [3.8, 4) is 0 Å². The normalized spacial score (nSPS) is 22.7. The molecule has 1 aliphatic carbocycles. The number of allylic oxidation sites excluding steroid dienone is 7. The summed E-state index contributed by atoms with van der Waals surface area (Å²) in [6.45, 7) is 0. The first-order chi connectivity index (χ1) is 4.93. The summed E-state index contributed by atoms with van der Waals surface area (Å²) in [4.78, 5) is 1.29. The van der Waals surface area contributed by atoms with Crippen molar-refractivity contribution in [2.45, 2.75) is 0 Å². The second kappa shape index (κ2) is 4.18. The molecule has 0 heterocycles. The maximum Gasteiger partial charge on any atom is 0.00691 e. The molecule has 0 fully saturated rings. The molecular weight excluding hydrogens is 140 g/mol. The molecule has 1 rings (SSSR count). The van der Waals surface area contributed by atoms with Gasteiger partial charge in [-0.2, -0.15) is 0 Å². The van der Waals surface area contributed by atoms with Crippen LogP contribution in [0.15, 0.2) is 47.4 Å². The van der Waals surface area contributed by atoms with E-state index in [1.165, 1.54) is 4.91 Å². The highest BCUT2D eigenvalue weighted by molar-refractivity contribution is 8.02. The van der Waals surface area contributed by atoms with E-state index >= 15 is 0 Å². The van der Waals surface area contributed by atoms with Gasteiger partial charge in [-0.3, -0.25) is 0 Å². The highest BCUT2D eigenvalue weighted by atomic mass is 32.2. The minimum Gasteiger partial charge on any atom is -0.130 e. The van der Waals surface area contributed by atoms with E-state index in [0.29, 0.717) is 0 Å². The average molecular weight is 150 g/mol. The van der Waals surface area contributed by atoms with Crippen LogP contribution in [0.4, 0.5) is 0 Å². The van der Waals surface area contributed by atoms with E-state index in [1.54, 1.807) is 11.8 Å². The summed E-state index contributed by atoms with van der Waals surface area (Å²) >= 11 is 1.76. The molecule has 0 aromatic carbocycles. The van der Waals surface area contributed by atoms with Crippen LogP contribution in [-0.4, -0.2) is 6.26 Å². The molecular formula is C9H10S. The second-order valence-corrected chi connectivity index (χ2v) is 2.78. The van der Waals surface area contributed by atoms with Crippen molar-refractivity contribution in [1.29, 1.82) is 0 Å². The van der Waals surface area contributed by atoms with Gasteiger partial charge in [0.2, 0.25) is 0 Å². The molecule has 0 amide bonds. The SMILES string of the molecule is CSC1=C/C=C\C=C\C=C1.